The van der Waals surface area contributed by atoms with Crippen molar-refractivity contribution in [2.75, 3.05) is 18.4 Å². The first kappa shape index (κ1) is 12.1. The molecule has 0 aliphatic carbocycles. The van der Waals surface area contributed by atoms with Crippen molar-refractivity contribution in [2.45, 2.75) is 26.3 Å². The van der Waals surface area contributed by atoms with E-state index in [0.29, 0.717) is 0 Å². The van der Waals surface area contributed by atoms with Gasteiger partial charge in [0.25, 0.3) is 0 Å². The van der Waals surface area contributed by atoms with Crippen molar-refractivity contribution in [3.8, 4) is 0 Å². The van der Waals surface area contributed by atoms with Crippen LogP contribution in [0.1, 0.15) is 25.3 Å². The summed E-state index contributed by atoms with van der Waals surface area (Å²) >= 11 is 0. The summed E-state index contributed by atoms with van der Waals surface area (Å²) < 4.78 is 0. The van der Waals surface area contributed by atoms with Gasteiger partial charge in [-0.2, -0.15) is 0 Å². The van der Waals surface area contributed by atoms with Crippen LogP contribution in [0.25, 0.3) is 0 Å². The van der Waals surface area contributed by atoms with Crippen LogP contribution in [-0.2, 0) is 11.3 Å². The number of carbonyl (C=O) groups is 1. The molecule has 3 nitrogen and oxygen atoms in total. The van der Waals surface area contributed by atoms with Gasteiger partial charge >= 0.3 is 0 Å². The Bertz CT molecular complexity index is 378. The standard InChI is InChI=1S/C14H20N2O/c1-12-4-3-7-16(9-12)10-13-5-2-6-14(8-13)15-11-17/h2,5-6,8,11-12H,3-4,7,9-10H2,1H3,(H,15,17). The molecule has 1 N–H and O–H groups in total. The van der Waals surface area contributed by atoms with E-state index in [1.807, 2.05) is 18.2 Å². The van der Waals surface area contributed by atoms with Crippen LogP contribution in [0.2, 0.25) is 0 Å². The lowest BCUT2D eigenvalue weighted by molar-refractivity contribution is -0.105. The molecule has 0 aromatic heterocycles. The molecule has 1 unspecified atom stereocenters. The van der Waals surface area contributed by atoms with Crippen molar-refractivity contribution >= 4 is 12.1 Å². The van der Waals surface area contributed by atoms with E-state index in [4.69, 9.17) is 0 Å². The summed E-state index contributed by atoms with van der Waals surface area (Å²) in [5.41, 5.74) is 2.15. The minimum Gasteiger partial charge on any atom is -0.329 e. The van der Waals surface area contributed by atoms with E-state index < -0.39 is 0 Å². The minimum absolute atomic E-state index is 0.724. The van der Waals surface area contributed by atoms with Crippen molar-refractivity contribution in [1.82, 2.24) is 4.90 Å². The second-order valence-electron chi connectivity index (χ2n) is 4.95. The normalized spacial score (nSPS) is 21.1. The molecule has 1 aliphatic heterocycles. The van der Waals surface area contributed by atoms with Crippen LogP contribution in [0, 0.1) is 5.92 Å². The zero-order valence-electron chi connectivity index (χ0n) is 10.4. The van der Waals surface area contributed by atoms with E-state index in [-0.39, 0.29) is 0 Å². The summed E-state index contributed by atoms with van der Waals surface area (Å²) in [5.74, 6) is 0.806. The predicted octanol–water partition coefficient (Wildman–Crippen LogP) is 2.49. The van der Waals surface area contributed by atoms with E-state index in [9.17, 15) is 4.79 Å². The van der Waals surface area contributed by atoms with E-state index in [0.717, 1.165) is 24.6 Å². The van der Waals surface area contributed by atoms with Gasteiger partial charge in [0.1, 0.15) is 0 Å². The van der Waals surface area contributed by atoms with Gasteiger partial charge in [0, 0.05) is 18.8 Å². The molecular weight excluding hydrogens is 212 g/mol. The lowest BCUT2D eigenvalue weighted by atomic mass is 10.00. The molecule has 0 radical (unpaired) electrons. The molecule has 3 heteroatoms. The van der Waals surface area contributed by atoms with Gasteiger partial charge in [-0.3, -0.25) is 9.69 Å². The van der Waals surface area contributed by atoms with Crippen LogP contribution < -0.4 is 5.32 Å². The highest BCUT2D eigenvalue weighted by Crippen LogP contribution is 2.19. The van der Waals surface area contributed by atoms with E-state index in [2.05, 4.69) is 23.2 Å². The summed E-state index contributed by atoms with van der Waals surface area (Å²) in [5, 5.41) is 2.69. The van der Waals surface area contributed by atoms with Crippen LogP contribution in [0.5, 0.6) is 0 Å². The fraction of sp³-hybridized carbons (Fsp3) is 0.500. The Morgan fingerprint density at radius 3 is 3.18 bits per heavy atom. The third-order valence-electron chi connectivity index (χ3n) is 3.30. The minimum atomic E-state index is 0.724. The number of benzene rings is 1. The van der Waals surface area contributed by atoms with Gasteiger partial charge in [0.15, 0.2) is 0 Å². The van der Waals surface area contributed by atoms with Crippen molar-refractivity contribution in [3.63, 3.8) is 0 Å². The van der Waals surface area contributed by atoms with Gasteiger partial charge in [-0.15, -0.1) is 0 Å². The molecule has 17 heavy (non-hydrogen) atoms. The first-order valence-electron chi connectivity index (χ1n) is 6.29. The largest absolute Gasteiger partial charge is 0.329 e. The zero-order valence-corrected chi connectivity index (χ0v) is 10.4. The molecule has 1 heterocycles. The highest BCUT2D eigenvalue weighted by molar-refractivity contribution is 5.71. The van der Waals surface area contributed by atoms with E-state index >= 15 is 0 Å². The Morgan fingerprint density at radius 1 is 1.53 bits per heavy atom. The second kappa shape index (κ2) is 5.82. The molecule has 0 bridgehead atoms. The highest BCUT2D eigenvalue weighted by atomic mass is 16.1. The molecule has 1 aliphatic rings. The first-order chi connectivity index (χ1) is 8.28. The van der Waals surface area contributed by atoms with Crippen LogP contribution in [0.3, 0.4) is 0 Å². The second-order valence-corrected chi connectivity index (χ2v) is 4.95. The number of carbonyl (C=O) groups excluding carboxylic acids is 1. The van der Waals surface area contributed by atoms with Crippen LogP contribution in [0.4, 0.5) is 5.69 Å². The Morgan fingerprint density at radius 2 is 2.41 bits per heavy atom. The van der Waals surface area contributed by atoms with Crippen LogP contribution in [0.15, 0.2) is 24.3 Å². The summed E-state index contributed by atoms with van der Waals surface area (Å²) in [4.78, 5) is 12.9. The number of anilines is 1. The van der Waals surface area contributed by atoms with Gasteiger partial charge in [0.2, 0.25) is 6.41 Å². The number of hydrogen-bond acceptors (Lipinski definition) is 2. The third kappa shape index (κ3) is 3.56. The molecule has 0 spiro atoms. The lowest BCUT2D eigenvalue weighted by Gasteiger charge is -2.30. The van der Waals surface area contributed by atoms with Crippen molar-refractivity contribution < 1.29 is 4.79 Å². The van der Waals surface area contributed by atoms with Gasteiger partial charge in [0.05, 0.1) is 0 Å². The smallest absolute Gasteiger partial charge is 0.211 e. The monoisotopic (exact) mass is 232 g/mol. The van der Waals surface area contributed by atoms with E-state index in [1.54, 1.807) is 0 Å². The van der Waals surface area contributed by atoms with Gasteiger partial charge in [-0.25, -0.2) is 0 Å². The number of amides is 1. The Labute approximate surface area is 103 Å². The van der Waals surface area contributed by atoms with Crippen LogP contribution >= 0.6 is 0 Å². The Hall–Kier alpha value is -1.35. The number of nitrogens with zero attached hydrogens (tertiary/aromatic N) is 1. The molecule has 1 aromatic rings. The van der Waals surface area contributed by atoms with Crippen molar-refractivity contribution in [3.05, 3.63) is 29.8 Å². The average Bonchev–Trinajstić information content (AvgIpc) is 2.30. The SMILES string of the molecule is CC1CCCN(Cc2cccc(NC=O)c2)C1. The summed E-state index contributed by atoms with van der Waals surface area (Å²) in [6.07, 6.45) is 3.37. The molecule has 1 amide bonds. The summed E-state index contributed by atoms with van der Waals surface area (Å²) in [6.45, 7) is 5.68. The topological polar surface area (TPSA) is 32.3 Å². The maximum Gasteiger partial charge on any atom is 0.211 e. The fourth-order valence-electron chi connectivity index (χ4n) is 2.52. The Kier molecular flexibility index (Phi) is 4.15. The maximum absolute atomic E-state index is 10.4. The van der Waals surface area contributed by atoms with Crippen LogP contribution in [-0.4, -0.2) is 24.4 Å². The lowest BCUT2D eigenvalue weighted by Crippen LogP contribution is -2.33. The van der Waals surface area contributed by atoms with Gasteiger partial charge in [-0.05, 0) is 43.0 Å². The quantitative estimate of drug-likeness (QED) is 0.809. The van der Waals surface area contributed by atoms with Gasteiger partial charge < -0.3 is 5.32 Å². The molecule has 0 saturated carbocycles. The third-order valence-corrected chi connectivity index (χ3v) is 3.30. The molecule has 92 valence electrons. The highest BCUT2D eigenvalue weighted by Gasteiger charge is 2.16. The number of piperidine rings is 1. The number of nitrogens with one attached hydrogen (secondary N) is 1. The molecule has 1 aromatic carbocycles. The Balaban J connectivity index is 1.97. The number of likely N-dealkylation sites (tertiary alicyclic amines) is 1. The van der Waals surface area contributed by atoms with Crippen molar-refractivity contribution in [2.24, 2.45) is 5.92 Å². The summed E-state index contributed by atoms with van der Waals surface area (Å²) in [7, 11) is 0. The maximum atomic E-state index is 10.4. The number of hydrogen-bond donors (Lipinski definition) is 1. The molecule has 1 saturated heterocycles. The predicted molar refractivity (Wildman–Crippen MR) is 69.8 cm³/mol. The summed E-state index contributed by atoms with van der Waals surface area (Å²) in [6, 6.07) is 8.08. The van der Waals surface area contributed by atoms with Gasteiger partial charge in [-0.1, -0.05) is 19.1 Å². The van der Waals surface area contributed by atoms with Crippen molar-refractivity contribution in [1.29, 1.82) is 0 Å². The first-order valence-corrected chi connectivity index (χ1v) is 6.29. The average molecular weight is 232 g/mol. The molecule has 1 fully saturated rings. The number of rotatable bonds is 4. The molecular formula is C14H20N2O. The zero-order chi connectivity index (χ0) is 12.1. The fourth-order valence-corrected chi connectivity index (χ4v) is 2.52. The molecule has 2 rings (SSSR count). The van der Waals surface area contributed by atoms with E-state index in [1.165, 1.54) is 31.5 Å². The molecule has 1 atom stereocenters.